The van der Waals surface area contributed by atoms with Gasteiger partial charge in [-0.1, -0.05) is 13.0 Å². The molecule has 0 aliphatic heterocycles. The lowest BCUT2D eigenvalue weighted by Gasteiger charge is -2.15. The van der Waals surface area contributed by atoms with E-state index >= 15 is 0 Å². The Labute approximate surface area is 143 Å². The van der Waals surface area contributed by atoms with Crippen LogP contribution in [0.25, 0.3) is 0 Å². The van der Waals surface area contributed by atoms with Crippen molar-refractivity contribution in [2.24, 2.45) is 0 Å². The number of amides is 1. The van der Waals surface area contributed by atoms with Crippen LogP contribution in [-0.2, 0) is 6.42 Å². The van der Waals surface area contributed by atoms with E-state index in [4.69, 9.17) is 9.47 Å². The van der Waals surface area contributed by atoms with Crippen LogP contribution in [0.1, 0.15) is 42.4 Å². The first-order chi connectivity index (χ1) is 11.6. The maximum Gasteiger partial charge on any atom is 0.259 e. The second-order valence-corrected chi connectivity index (χ2v) is 5.18. The number of nitrogens with one attached hydrogen (secondary N) is 1. The number of ether oxygens (including phenoxy) is 2. The molecule has 1 aromatic carbocycles. The normalized spacial score (nSPS) is 10.3. The predicted octanol–water partition coefficient (Wildman–Crippen LogP) is 3.80. The topological polar surface area (TPSA) is 60.5 Å². The summed E-state index contributed by atoms with van der Waals surface area (Å²) in [5, 5.41) is 2.89. The summed E-state index contributed by atoms with van der Waals surface area (Å²) in [6.45, 7) is 8.71. The van der Waals surface area contributed by atoms with Crippen molar-refractivity contribution in [2.75, 3.05) is 18.5 Å². The highest BCUT2D eigenvalue weighted by atomic mass is 16.5. The summed E-state index contributed by atoms with van der Waals surface area (Å²) < 4.78 is 11.1. The highest BCUT2D eigenvalue weighted by Crippen LogP contribution is 2.27. The number of aromatic nitrogens is 1. The summed E-state index contributed by atoms with van der Waals surface area (Å²) in [4.78, 5) is 17.1. The summed E-state index contributed by atoms with van der Waals surface area (Å²) in [5.74, 6) is 0.674. The molecule has 2 rings (SSSR count). The molecule has 0 fully saturated rings. The van der Waals surface area contributed by atoms with Crippen LogP contribution in [0, 0.1) is 13.0 Å². The molecule has 2 aromatic rings. The molecule has 1 radical (unpaired) electrons. The van der Waals surface area contributed by atoms with Crippen LogP contribution >= 0.6 is 0 Å². The smallest absolute Gasteiger partial charge is 0.259 e. The molecule has 0 aliphatic carbocycles. The number of carbonyl (C=O) groups excluding carboxylic acids is 1. The zero-order valence-electron chi connectivity index (χ0n) is 14.6. The lowest BCUT2D eigenvalue weighted by molar-refractivity contribution is 0.102. The van der Waals surface area contributed by atoms with Crippen LogP contribution in [0.4, 0.5) is 5.69 Å². The average Bonchev–Trinajstić information content (AvgIpc) is 2.58. The number of anilines is 1. The van der Waals surface area contributed by atoms with Gasteiger partial charge in [0.2, 0.25) is 5.88 Å². The Morgan fingerprint density at radius 1 is 1.25 bits per heavy atom. The summed E-state index contributed by atoms with van der Waals surface area (Å²) in [7, 11) is 0. The maximum atomic E-state index is 12.7. The molecule has 1 amide bonds. The number of hydrogen-bond acceptors (Lipinski definition) is 4. The first kappa shape index (κ1) is 17.8. The molecule has 1 N–H and O–H groups in total. The van der Waals surface area contributed by atoms with Gasteiger partial charge < -0.3 is 14.8 Å². The molecule has 24 heavy (non-hydrogen) atoms. The molecular weight excluding hydrogens is 304 g/mol. The van der Waals surface area contributed by atoms with Crippen molar-refractivity contribution in [3.63, 3.8) is 0 Å². The summed E-state index contributed by atoms with van der Waals surface area (Å²) in [6, 6.07) is 9.87. The van der Waals surface area contributed by atoms with Gasteiger partial charge >= 0.3 is 0 Å². The van der Waals surface area contributed by atoms with Crippen molar-refractivity contribution in [3.8, 4) is 11.6 Å². The van der Waals surface area contributed by atoms with Crippen molar-refractivity contribution >= 4 is 11.6 Å². The van der Waals surface area contributed by atoms with Crippen LogP contribution in [0.5, 0.6) is 11.6 Å². The van der Waals surface area contributed by atoms with Crippen molar-refractivity contribution in [1.29, 1.82) is 0 Å². The Balaban J connectivity index is 2.34. The Morgan fingerprint density at radius 3 is 2.67 bits per heavy atom. The molecule has 0 bridgehead atoms. The molecule has 5 nitrogen and oxygen atoms in total. The minimum absolute atomic E-state index is 0.263. The van der Waals surface area contributed by atoms with E-state index in [2.05, 4.69) is 23.3 Å². The molecule has 0 saturated heterocycles. The van der Waals surface area contributed by atoms with Crippen molar-refractivity contribution in [1.82, 2.24) is 4.98 Å². The highest BCUT2D eigenvalue weighted by molar-refractivity contribution is 6.06. The van der Waals surface area contributed by atoms with Gasteiger partial charge in [0, 0.05) is 5.69 Å². The number of rotatable bonds is 7. The van der Waals surface area contributed by atoms with Gasteiger partial charge in [-0.25, -0.2) is 4.98 Å². The van der Waals surface area contributed by atoms with Crippen LogP contribution < -0.4 is 14.8 Å². The molecule has 0 aliphatic rings. The van der Waals surface area contributed by atoms with Gasteiger partial charge in [-0.15, -0.1) is 0 Å². The zero-order chi connectivity index (χ0) is 17.5. The largest absolute Gasteiger partial charge is 0.493 e. The molecule has 0 unspecified atom stereocenters. The minimum Gasteiger partial charge on any atom is -0.493 e. The molecular formula is C19H23N2O3. The van der Waals surface area contributed by atoms with E-state index in [-0.39, 0.29) is 5.91 Å². The molecule has 1 aromatic heterocycles. The standard InChI is InChI=1S/C19H23N2O3/c1-5-14-12-16(19(24-7-3)20-13(14)4)21-18(22)15-10-8-9-11-17(15)23-6-2/h8,10-12H,5-7H2,1-4H3,(H,21,22). The van der Waals surface area contributed by atoms with E-state index in [1.165, 1.54) is 0 Å². The number of benzene rings is 1. The van der Waals surface area contributed by atoms with Crippen LogP contribution in [0.15, 0.2) is 24.3 Å². The number of carbonyl (C=O) groups is 1. The molecule has 0 atom stereocenters. The fourth-order valence-corrected chi connectivity index (χ4v) is 2.39. The van der Waals surface area contributed by atoms with Gasteiger partial charge in [0.25, 0.3) is 5.91 Å². The van der Waals surface area contributed by atoms with Crippen molar-refractivity contribution in [3.05, 3.63) is 47.2 Å². The predicted molar refractivity (Wildman–Crippen MR) is 93.9 cm³/mol. The highest BCUT2D eigenvalue weighted by Gasteiger charge is 2.16. The Hall–Kier alpha value is -2.56. The maximum absolute atomic E-state index is 12.7. The number of pyridine rings is 1. The molecule has 127 valence electrons. The van der Waals surface area contributed by atoms with E-state index in [0.717, 1.165) is 17.7 Å². The number of hydrogen-bond donors (Lipinski definition) is 1. The fourth-order valence-electron chi connectivity index (χ4n) is 2.39. The van der Waals surface area contributed by atoms with Crippen LogP contribution in [0.2, 0.25) is 0 Å². The molecule has 5 heteroatoms. The van der Waals surface area contributed by atoms with Gasteiger partial charge in [0.15, 0.2) is 0 Å². The Morgan fingerprint density at radius 2 is 2.00 bits per heavy atom. The summed E-state index contributed by atoms with van der Waals surface area (Å²) in [6.07, 6.45) is 0.832. The van der Waals surface area contributed by atoms with Gasteiger partial charge in [-0.05, 0) is 57.0 Å². The van der Waals surface area contributed by atoms with E-state index < -0.39 is 0 Å². The van der Waals surface area contributed by atoms with E-state index in [0.29, 0.717) is 36.1 Å². The lowest BCUT2D eigenvalue weighted by Crippen LogP contribution is -2.15. The van der Waals surface area contributed by atoms with Gasteiger partial charge in [0.1, 0.15) is 11.4 Å². The number of nitrogens with zero attached hydrogens (tertiary/aromatic N) is 1. The Bertz CT molecular complexity index is 714. The molecule has 0 saturated carbocycles. The molecule has 1 heterocycles. The first-order valence-electron chi connectivity index (χ1n) is 8.18. The minimum atomic E-state index is -0.263. The first-order valence-corrected chi connectivity index (χ1v) is 8.18. The van der Waals surface area contributed by atoms with E-state index in [9.17, 15) is 4.79 Å². The van der Waals surface area contributed by atoms with Crippen molar-refractivity contribution < 1.29 is 14.3 Å². The third-order valence-corrected chi connectivity index (χ3v) is 3.56. The lowest BCUT2D eigenvalue weighted by atomic mass is 10.1. The van der Waals surface area contributed by atoms with Gasteiger partial charge in [-0.2, -0.15) is 0 Å². The summed E-state index contributed by atoms with van der Waals surface area (Å²) >= 11 is 0. The van der Waals surface area contributed by atoms with E-state index in [1.54, 1.807) is 18.2 Å². The third kappa shape index (κ3) is 4.04. The number of aryl methyl sites for hydroxylation is 2. The fraction of sp³-hybridized carbons (Fsp3) is 0.368. The van der Waals surface area contributed by atoms with Crippen molar-refractivity contribution in [2.45, 2.75) is 34.1 Å². The van der Waals surface area contributed by atoms with Gasteiger partial charge in [0.05, 0.1) is 18.8 Å². The second-order valence-electron chi connectivity index (χ2n) is 5.18. The third-order valence-electron chi connectivity index (χ3n) is 3.56. The van der Waals surface area contributed by atoms with Crippen LogP contribution in [-0.4, -0.2) is 24.1 Å². The van der Waals surface area contributed by atoms with Gasteiger partial charge in [-0.3, -0.25) is 4.79 Å². The second kappa shape index (κ2) is 8.34. The van der Waals surface area contributed by atoms with E-state index in [1.807, 2.05) is 26.8 Å². The molecule has 0 spiro atoms. The summed E-state index contributed by atoms with van der Waals surface area (Å²) in [5.41, 5.74) is 3.00. The zero-order valence-corrected chi connectivity index (χ0v) is 14.6. The SMILES string of the molecule is CCOc1c[c]ccc1C(=O)Nc1cc(CC)c(C)nc1OCC. The Kier molecular flexibility index (Phi) is 6.18. The average molecular weight is 327 g/mol. The monoisotopic (exact) mass is 327 g/mol. The van der Waals surface area contributed by atoms with Crippen LogP contribution in [0.3, 0.4) is 0 Å². The quantitative estimate of drug-likeness (QED) is 0.840.